The Morgan fingerprint density at radius 1 is 0.923 bits per heavy atom. The molecule has 0 radical (unpaired) electrons. The molecular weight excluding hydrogens is 675 g/mol. The van der Waals surface area contributed by atoms with Crippen LogP contribution in [0.5, 0.6) is 11.5 Å². The van der Waals surface area contributed by atoms with Crippen LogP contribution in [0.25, 0.3) is 22.6 Å². The second-order valence-corrected chi connectivity index (χ2v) is 12.6. The average Bonchev–Trinajstić information content (AvgIpc) is 3.93. The minimum atomic E-state index is -4.33. The van der Waals surface area contributed by atoms with Gasteiger partial charge in [-0.05, 0) is 66.4 Å². The van der Waals surface area contributed by atoms with Gasteiger partial charge < -0.3 is 24.6 Å². The highest BCUT2D eigenvalue weighted by atomic mass is 19.4. The van der Waals surface area contributed by atoms with Crippen LogP contribution in [0.4, 0.5) is 29.5 Å². The zero-order valence-electron chi connectivity index (χ0n) is 28.7. The van der Waals surface area contributed by atoms with E-state index in [4.69, 9.17) is 14.5 Å². The molecule has 3 aromatic carbocycles. The van der Waals surface area contributed by atoms with E-state index in [1.165, 1.54) is 11.2 Å². The van der Waals surface area contributed by atoms with Gasteiger partial charge in [-0.15, -0.1) is 0 Å². The first-order valence-electron chi connectivity index (χ1n) is 16.6. The summed E-state index contributed by atoms with van der Waals surface area (Å²) in [4.78, 5) is 25.6. The van der Waals surface area contributed by atoms with Crippen molar-refractivity contribution in [2.24, 2.45) is 5.92 Å². The topological polar surface area (TPSA) is 115 Å². The lowest BCUT2D eigenvalue weighted by molar-refractivity contribution is -0.169. The number of nitrogens with zero attached hydrogens (tertiary/aromatic N) is 8. The number of carbonyl (C=O) groups is 1. The Balaban J connectivity index is 1.15. The number of ether oxygens (including phenoxy) is 2. The van der Waals surface area contributed by atoms with Gasteiger partial charge in [0.2, 0.25) is 0 Å². The van der Waals surface area contributed by atoms with E-state index in [1.54, 1.807) is 47.9 Å². The second-order valence-electron chi connectivity index (χ2n) is 12.6. The number of methoxy groups -OCH3 is 2. The summed E-state index contributed by atoms with van der Waals surface area (Å²) in [6, 6.07) is 20.5. The normalized spacial score (nSPS) is 14.5. The van der Waals surface area contributed by atoms with Crippen molar-refractivity contribution in [2.45, 2.75) is 32.6 Å². The number of aromatic nitrogens is 6. The number of anilines is 2. The van der Waals surface area contributed by atoms with E-state index in [2.05, 4.69) is 25.4 Å². The molecule has 3 aromatic heterocycles. The molecule has 0 bridgehead atoms. The number of imidazole rings is 1. The third-order valence-corrected chi connectivity index (χ3v) is 9.17. The monoisotopic (exact) mass is 711 g/mol. The minimum Gasteiger partial charge on any atom is -0.497 e. The molecule has 1 aliphatic heterocycles. The van der Waals surface area contributed by atoms with Gasteiger partial charge in [0.15, 0.2) is 11.5 Å². The molecule has 0 saturated carbocycles. The van der Waals surface area contributed by atoms with E-state index in [0.29, 0.717) is 41.6 Å². The summed E-state index contributed by atoms with van der Waals surface area (Å²) in [6.07, 6.45) is 2.32. The second kappa shape index (κ2) is 14.2. The van der Waals surface area contributed by atoms with Crippen molar-refractivity contribution < 1.29 is 27.4 Å². The molecule has 1 aliphatic rings. The smallest absolute Gasteiger partial charge is 0.393 e. The number of halogens is 3. The van der Waals surface area contributed by atoms with Crippen LogP contribution in [0.1, 0.15) is 23.1 Å². The summed E-state index contributed by atoms with van der Waals surface area (Å²) in [5, 5.41) is 11.9. The fourth-order valence-corrected chi connectivity index (χ4v) is 6.27. The lowest BCUT2D eigenvalue weighted by atomic mass is 10.1. The fourth-order valence-electron chi connectivity index (χ4n) is 6.27. The van der Waals surface area contributed by atoms with E-state index < -0.39 is 18.1 Å². The minimum absolute atomic E-state index is 0.0442. The first kappa shape index (κ1) is 34.3. The number of likely N-dealkylation sites (tertiary alicyclic amines) is 1. The van der Waals surface area contributed by atoms with Crippen molar-refractivity contribution in [1.29, 1.82) is 0 Å². The number of fused-ring (bicyclic) bond motifs is 1. The fraction of sp³-hybridized carbons (Fsp3) is 0.270. The molecule has 1 fully saturated rings. The standard InChI is InChI=1S/C37H36F3N9O3/c1-24-4-9-29(45-36(50)46-15-14-28(22-46)37(38,39)40)16-32(24)48-21-27(17-43-48)33-18-41-35-34(42-23-44-49(33)35)47(19-25-5-10-30(51-2)11-6-25)20-26-7-12-31(52-3)13-8-26/h4-13,16-18,21,23,28H,14-15,19-20,22H2,1-3H3,(H,45,50). The summed E-state index contributed by atoms with van der Waals surface area (Å²) in [6.45, 7) is 2.67. The van der Waals surface area contributed by atoms with Crippen LogP contribution < -0.4 is 19.7 Å². The lowest BCUT2D eigenvalue weighted by Crippen LogP contribution is -2.35. The number of hydrogen-bond donors (Lipinski definition) is 1. The van der Waals surface area contributed by atoms with Crippen molar-refractivity contribution in [3.63, 3.8) is 0 Å². The quantitative estimate of drug-likeness (QED) is 0.163. The maximum atomic E-state index is 13.2. The Bertz CT molecular complexity index is 2130. The number of benzene rings is 3. The molecule has 1 saturated heterocycles. The summed E-state index contributed by atoms with van der Waals surface area (Å²) in [5.74, 6) is 0.661. The first-order chi connectivity index (χ1) is 25.1. The zero-order valence-corrected chi connectivity index (χ0v) is 28.7. The summed E-state index contributed by atoms with van der Waals surface area (Å²) < 4.78 is 53.6. The molecule has 15 heteroatoms. The molecule has 1 unspecified atom stereocenters. The molecule has 1 atom stereocenters. The van der Waals surface area contributed by atoms with E-state index >= 15 is 0 Å². The van der Waals surface area contributed by atoms with Gasteiger partial charge in [-0.2, -0.15) is 23.4 Å². The van der Waals surface area contributed by atoms with Crippen molar-refractivity contribution in [3.05, 3.63) is 108 Å². The Kier molecular flexibility index (Phi) is 9.41. The van der Waals surface area contributed by atoms with Gasteiger partial charge in [-0.1, -0.05) is 30.3 Å². The number of urea groups is 1. The highest BCUT2D eigenvalue weighted by Crippen LogP contribution is 2.34. The molecule has 0 spiro atoms. The molecule has 12 nitrogen and oxygen atoms in total. The van der Waals surface area contributed by atoms with Crippen LogP contribution in [0.15, 0.2) is 91.6 Å². The van der Waals surface area contributed by atoms with Gasteiger partial charge in [0, 0.05) is 43.6 Å². The van der Waals surface area contributed by atoms with Gasteiger partial charge in [-0.3, -0.25) is 0 Å². The molecule has 6 aromatic rings. The lowest BCUT2D eigenvalue weighted by Gasteiger charge is -2.24. The zero-order chi connectivity index (χ0) is 36.4. The number of alkyl halides is 3. The van der Waals surface area contributed by atoms with Crippen LogP contribution in [0, 0.1) is 12.8 Å². The van der Waals surface area contributed by atoms with Gasteiger partial charge in [0.05, 0.1) is 43.9 Å². The summed E-state index contributed by atoms with van der Waals surface area (Å²) >= 11 is 0. The Morgan fingerprint density at radius 3 is 2.21 bits per heavy atom. The number of rotatable bonds is 10. The number of hydrogen-bond acceptors (Lipinski definition) is 8. The van der Waals surface area contributed by atoms with E-state index in [-0.39, 0.29) is 19.5 Å². The van der Waals surface area contributed by atoms with Crippen LogP contribution in [-0.4, -0.2) is 73.8 Å². The Hall–Kier alpha value is -6.12. The average molecular weight is 712 g/mol. The van der Waals surface area contributed by atoms with Crippen LogP contribution in [0.2, 0.25) is 0 Å². The maximum Gasteiger partial charge on any atom is 0.393 e. The van der Waals surface area contributed by atoms with Crippen molar-refractivity contribution in [2.75, 3.05) is 37.5 Å². The number of aryl methyl sites for hydroxylation is 1. The van der Waals surface area contributed by atoms with Crippen molar-refractivity contribution in [1.82, 2.24) is 34.3 Å². The summed E-state index contributed by atoms with van der Waals surface area (Å²) in [7, 11) is 3.27. The molecule has 2 amide bonds. The van der Waals surface area contributed by atoms with E-state index in [9.17, 15) is 18.0 Å². The molecule has 4 heterocycles. The van der Waals surface area contributed by atoms with Crippen LogP contribution >= 0.6 is 0 Å². The third kappa shape index (κ3) is 7.20. The third-order valence-electron chi connectivity index (χ3n) is 9.17. The molecule has 52 heavy (non-hydrogen) atoms. The molecule has 0 aliphatic carbocycles. The highest BCUT2D eigenvalue weighted by molar-refractivity contribution is 5.90. The molecular formula is C37H36F3N9O3. The predicted octanol–water partition coefficient (Wildman–Crippen LogP) is 6.93. The Morgan fingerprint density at radius 2 is 1.60 bits per heavy atom. The van der Waals surface area contributed by atoms with Crippen LogP contribution in [-0.2, 0) is 13.1 Å². The molecule has 7 rings (SSSR count). The summed E-state index contributed by atoms with van der Waals surface area (Å²) in [5.41, 5.74) is 6.10. The predicted molar refractivity (Wildman–Crippen MR) is 189 cm³/mol. The van der Waals surface area contributed by atoms with Gasteiger partial charge in [-0.25, -0.2) is 24.0 Å². The molecule has 268 valence electrons. The van der Waals surface area contributed by atoms with Crippen LogP contribution in [0.3, 0.4) is 0 Å². The van der Waals surface area contributed by atoms with Gasteiger partial charge >= 0.3 is 12.2 Å². The van der Waals surface area contributed by atoms with Crippen molar-refractivity contribution in [3.8, 4) is 28.4 Å². The number of carbonyl (C=O) groups excluding carboxylic acids is 1. The van der Waals surface area contributed by atoms with Gasteiger partial charge in [0.1, 0.15) is 17.8 Å². The maximum absolute atomic E-state index is 13.2. The van der Waals surface area contributed by atoms with E-state index in [1.807, 2.05) is 67.7 Å². The Labute approximate surface area is 297 Å². The number of nitrogens with one attached hydrogen (secondary N) is 1. The molecule has 1 N–H and O–H groups in total. The highest BCUT2D eigenvalue weighted by Gasteiger charge is 2.44. The largest absolute Gasteiger partial charge is 0.497 e. The SMILES string of the molecule is COc1ccc(CN(Cc2ccc(OC)cc2)c2ncnn3c(-c4cnn(-c5cc(NC(=O)N6CCC(C(F)(F)F)C6)ccc5C)c4)cnc23)cc1. The van der Waals surface area contributed by atoms with E-state index in [0.717, 1.165) is 33.8 Å². The van der Waals surface area contributed by atoms with Crippen molar-refractivity contribution >= 4 is 23.2 Å². The number of amides is 2. The van der Waals surface area contributed by atoms with Gasteiger partial charge in [0.25, 0.3) is 0 Å². The first-order valence-corrected chi connectivity index (χ1v) is 16.6.